The number of aryl methyl sites for hydroxylation is 1. The van der Waals surface area contributed by atoms with Crippen LogP contribution in [0.3, 0.4) is 0 Å². The Labute approximate surface area is 168 Å². The first-order valence-corrected chi connectivity index (χ1v) is 8.35. The lowest BCUT2D eigenvalue weighted by Gasteiger charge is -2.20. The number of benzene rings is 1. The average Bonchev–Trinajstić information content (AvgIpc) is 2.48. The van der Waals surface area contributed by atoms with Crippen molar-refractivity contribution < 1.29 is 9.53 Å². The first-order chi connectivity index (χ1) is 11.3. The summed E-state index contributed by atoms with van der Waals surface area (Å²) in [6.45, 7) is 12.0. The molecule has 0 aromatic heterocycles. The molecule has 1 rings (SSSR count). The van der Waals surface area contributed by atoms with Gasteiger partial charge in [0, 0.05) is 19.6 Å². The van der Waals surface area contributed by atoms with Gasteiger partial charge < -0.3 is 20.7 Å². The van der Waals surface area contributed by atoms with Gasteiger partial charge in [-0.2, -0.15) is 0 Å². The molecule has 1 aromatic carbocycles. The molecule has 6 nitrogen and oxygen atoms in total. The second-order valence-corrected chi connectivity index (χ2v) is 6.48. The fourth-order valence-corrected chi connectivity index (χ4v) is 1.95. The van der Waals surface area contributed by atoms with Gasteiger partial charge in [-0.1, -0.05) is 24.3 Å². The number of hydrogen-bond acceptors (Lipinski definition) is 3. The number of amides is 1. The van der Waals surface area contributed by atoms with Crippen LogP contribution in [0.2, 0.25) is 0 Å². The van der Waals surface area contributed by atoms with Crippen molar-refractivity contribution in [3.8, 4) is 0 Å². The summed E-state index contributed by atoms with van der Waals surface area (Å²) >= 11 is 0. The number of halogens is 1. The largest absolute Gasteiger partial charge is 0.444 e. The number of carbonyl (C=O) groups is 1. The second kappa shape index (κ2) is 11.9. The fraction of sp³-hybridized carbons (Fsp3) is 0.556. The van der Waals surface area contributed by atoms with Gasteiger partial charge in [-0.25, -0.2) is 9.79 Å². The number of alkyl carbamates (subject to hydrolysis) is 1. The number of guanidine groups is 1. The lowest BCUT2D eigenvalue weighted by Crippen LogP contribution is -2.42. The van der Waals surface area contributed by atoms with Gasteiger partial charge in [-0.05, 0) is 45.7 Å². The predicted molar refractivity (Wildman–Crippen MR) is 114 cm³/mol. The minimum atomic E-state index is -0.485. The minimum absolute atomic E-state index is 0. The zero-order valence-corrected chi connectivity index (χ0v) is 18.1. The van der Waals surface area contributed by atoms with Crippen LogP contribution in [-0.4, -0.2) is 37.3 Å². The molecule has 3 N–H and O–H groups in total. The van der Waals surface area contributed by atoms with Crippen LogP contribution < -0.4 is 16.0 Å². The van der Waals surface area contributed by atoms with E-state index in [0.29, 0.717) is 19.6 Å². The van der Waals surface area contributed by atoms with E-state index in [0.717, 1.165) is 12.5 Å². The summed E-state index contributed by atoms with van der Waals surface area (Å²) in [5.74, 6) is 0.728. The molecule has 0 atom stereocenters. The number of rotatable bonds is 6. The van der Waals surface area contributed by atoms with Crippen LogP contribution in [0.5, 0.6) is 0 Å². The van der Waals surface area contributed by atoms with Crippen LogP contribution in [0.25, 0.3) is 0 Å². The van der Waals surface area contributed by atoms with Crippen molar-refractivity contribution in [1.29, 1.82) is 0 Å². The van der Waals surface area contributed by atoms with Crippen molar-refractivity contribution >= 4 is 36.0 Å². The van der Waals surface area contributed by atoms with E-state index in [1.165, 1.54) is 11.1 Å². The third kappa shape index (κ3) is 10.9. The molecular formula is C18H31IN4O2. The second-order valence-electron chi connectivity index (χ2n) is 6.48. The molecule has 0 saturated heterocycles. The molecular weight excluding hydrogens is 431 g/mol. The van der Waals surface area contributed by atoms with Crippen LogP contribution in [0.4, 0.5) is 4.79 Å². The average molecular weight is 462 g/mol. The highest BCUT2D eigenvalue weighted by molar-refractivity contribution is 14.0. The maximum atomic E-state index is 11.6. The molecule has 0 spiro atoms. The summed E-state index contributed by atoms with van der Waals surface area (Å²) in [6.07, 6.45) is -0.411. The number of aliphatic imine (C=N–C) groups is 1. The van der Waals surface area contributed by atoms with E-state index in [9.17, 15) is 4.79 Å². The third-order valence-electron chi connectivity index (χ3n) is 3.10. The lowest BCUT2D eigenvalue weighted by atomic mass is 10.1. The quantitative estimate of drug-likeness (QED) is 0.263. The van der Waals surface area contributed by atoms with Crippen LogP contribution >= 0.6 is 24.0 Å². The summed E-state index contributed by atoms with van der Waals surface area (Å²) in [4.78, 5) is 16.1. The first-order valence-electron chi connectivity index (χ1n) is 8.35. The van der Waals surface area contributed by atoms with Crippen molar-refractivity contribution in [3.63, 3.8) is 0 Å². The Morgan fingerprint density at radius 3 is 2.36 bits per heavy atom. The van der Waals surface area contributed by atoms with Crippen molar-refractivity contribution in [2.24, 2.45) is 4.99 Å². The zero-order valence-electron chi connectivity index (χ0n) is 15.8. The van der Waals surface area contributed by atoms with Gasteiger partial charge in [0.1, 0.15) is 5.60 Å². The normalized spacial score (nSPS) is 11.3. The maximum Gasteiger partial charge on any atom is 0.407 e. The van der Waals surface area contributed by atoms with Gasteiger partial charge in [-0.15, -0.1) is 24.0 Å². The highest BCUT2D eigenvalue weighted by Gasteiger charge is 2.15. The van der Waals surface area contributed by atoms with Crippen LogP contribution in [-0.2, 0) is 11.3 Å². The number of nitrogens with one attached hydrogen (secondary N) is 3. The smallest absolute Gasteiger partial charge is 0.407 e. The first kappa shape index (κ1) is 23.5. The Bertz CT molecular complexity index is 556. The van der Waals surface area contributed by atoms with Gasteiger partial charge >= 0.3 is 6.09 Å². The minimum Gasteiger partial charge on any atom is -0.444 e. The van der Waals surface area contributed by atoms with E-state index in [1.54, 1.807) is 0 Å². The molecule has 142 valence electrons. The Kier molecular flexibility index (Phi) is 11.2. The molecule has 0 bridgehead atoms. The topological polar surface area (TPSA) is 74.8 Å². The number of nitrogens with zero attached hydrogens (tertiary/aromatic N) is 1. The van der Waals surface area contributed by atoms with Gasteiger partial charge in [0.25, 0.3) is 0 Å². The Balaban J connectivity index is 0.00000576. The standard InChI is InChI=1S/C18H30N4O2.HI/c1-6-19-16(22-13-15-10-8-7-9-14(15)2)20-11-12-21-17(23)24-18(3,4)5;/h7-10H,6,11-13H2,1-5H3,(H,21,23)(H2,19,20,22);1H. The van der Waals surface area contributed by atoms with Gasteiger partial charge in [0.2, 0.25) is 0 Å². The molecule has 0 fully saturated rings. The van der Waals surface area contributed by atoms with Crippen molar-refractivity contribution in [3.05, 3.63) is 35.4 Å². The summed E-state index contributed by atoms with van der Waals surface area (Å²) in [5.41, 5.74) is 1.94. The Morgan fingerprint density at radius 1 is 1.12 bits per heavy atom. The summed E-state index contributed by atoms with van der Waals surface area (Å²) in [5, 5.41) is 9.10. The van der Waals surface area contributed by atoms with E-state index in [2.05, 4.69) is 40.0 Å². The molecule has 1 aromatic rings. The predicted octanol–water partition coefficient (Wildman–Crippen LogP) is 3.19. The number of ether oxygens (including phenoxy) is 1. The molecule has 0 aliphatic rings. The van der Waals surface area contributed by atoms with Crippen LogP contribution in [0.1, 0.15) is 38.8 Å². The molecule has 25 heavy (non-hydrogen) atoms. The molecule has 1 amide bonds. The van der Waals surface area contributed by atoms with Gasteiger partial charge in [0.15, 0.2) is 5.96 Å². The fourth-order valence-electron chi connectivity index (χ4n) is 1.95. The maximum absolute atomic E-state index is 11.6. The van der Waals surface area contributed by atoms with E-state index in [-0.39, 0.29) is 24.0 Å². The summed E-state index contributed by atoms with van der Waals surface area (Å²) < 4.78 is 5.19. The van der Waals surface area contributed by atoms with E-state index in [4.69, 9.17) is 4.74 Å². The summed E-state index contributed by atoms with van der Waals surface area (Å²) in [7, 11) is 0. The third-order valence-corrected chi connectivity index (χ3v) is 3.10. The molecule has 0 heterocycles. The molecule has 0 saturated carbocycles. The van der Waals surface area contributed by atoms with E-state index >= 15 is 0 Å². The van der Waals surface area contributed by atoms with Crippen LogP contribution in [0, 0.1) is 6.92 Å². The number of carbonyl (C=O) groups excluding carboxylic acids is 1. The Morgan fingerprint density at radius 2 is 1.76 bits per heavy atom. The van der Waals surface area contributed by atoms with Crippen molar-refractivity contribution in [2.45, 2.75) is 46.8 Å². The number of hydrogen-bond donors (Lipinski definition) is 3. The Hall–Kier alpha value is -1.51. The molecule has 7 heteroatoms. The van der Waals surface area contributed by atoms with Crippen molar-refractivity contribution in [1.82, 2.24) is 16.0 Å². The molecule has 0 aliphatic heterocycles. The summed E-state index contributed by atoms with van der Waals surface area (Å²) in [6, 6.07) is 8.19. The van der Waals surface area contributed by atoms with Gasteiger partial charge in [-0.3, -0.25) is 0 Å². The van der Waals surface area contributed by atoms with E-state index < -0.39 is 11.7 Å². The monoisotopic (exact) mass is 462 g/mol. The highest BCUT2D eigenvalue weighted by atomic mass is 127. The highest BCUT2D eigenvalue weighted by Crippen LogP contribution is 2.08. The van der Waals surface area contributed by atoms with Crippen LogP contribution in [0.15, 0.2) is 29.3 Å². The molecule has 0 unspecified atom stereocenters. The van der Waals surface area contributed by atoms with Gasteiger partial charge in [0.05, 0.1) is 6.54 Å². The van der Waals surface area contributed by atoms with E-state index in [1.807, 2.05) is 39.8 Å². The SMILES string of the molecule is CCNC(=NCc1ccccc1C)NCCNC(=O)OC(C)(C)C.I. The molecule has 0 aliphatic carbocycles. The lowest BCUT2D eigenvalue weighted by molar-refractivity contribution is 0.0529. The molecule has 0 radical (unpaired) electrons. The zero-order chi connectivity index (χ0) is 18.0. The van der Waals surface area contributed by atoms with Crippen molar-refractivity contribution in [2.75, 3.05) is 19.6 Å².